The van der Waals surface area contributed by atoms with Gasteiger partial charge in [-0.2, -0.15) is 0 Å². The minimum Gasteiger partial charge on any atom is -0.467 e. The zero-order valence-corrected chi connectivity index (χ0v) is 12.1. The fourth-order valence-electron chi connectivity index (χ4n) is 2.78. The molecule has 0 radical (unpaired) electrons. The monoisotopic (exact) mass is 285 g/mol. The largest absolute Gasteiger partial charge is 0.467 e. The molecule has 1 atom stereocenters. The Morgan fingerprint density at radius 2 is 2.10 bits per heavy atom. The fourth-order valence-corrected chi connectivity index (χ4v) is 2.78. The lowest BCUT2D eigenvalue weighted by Crippen LogP contribution is -2.33. The third kappa shape index (κ3) is 3.33. The molecule has 1 saturated heterocycles. The number of hydrogen-bond donors (Lipinski definition) is 0. The van der Waals surface area contributed by atoms with Crippen molar-refractivity contribution in [1.29, 1.82) is 0 Å². The van der Waals surface area contributed by atoms with E-state index < -0.39 is 0 Å². The first-order valence-corrected chi connectivity index (χ1v) is 7.21. The Morgan fingerprint density at radius 1 is 1.24 bits per heavy atom. The van der Waals surface area contributed by atoms with E-state index in [1.54, 1.807) is 13.4 Å². The number of hydrogen-bond acceptors (Lipinski definition) is 6. The van der Waals surface area contributed by atoms with E-state index in [1.807, 2.05) is 24.7 Å². The third-order valence-electron chi connectivity index (χ3n) is 3.81. The van der Waals surface area contributed by atoms with Gasteiger partial charge >= 0.3 is 6.01 Å². The molecule has 0 amide bonds. The Morgan fingerprint density at radius 3 is 2.81 bits per heavy atom. The highest BCUT2D eigenvalue weighted by molar-refractivity contribution is 5.11. The van der Waals surface area contributed by atoms with Crippen molar-refractivity contribution in [2.75, 3.05) is 13.7 Å². The zero-order valence-electron chi connectivity index (χ0n) is 12.1. The Bertz CT molecular complexity index is 560. The minimum absolute atomic E-state index is 0.351. The van der Waals surface area contributed by atoms with Crippen molar-refractivity contribution in [3.63, 3.8) is 0 Å². The van der Waals surface area contributed by atoms with Crippen LogP contribution < -0.4 is 4.74 Å². The van der Waals surface area contributed by atoms with E-state index in [2.05, 4.69) is 24.8 Å². The maximum atomic E-state index is 5.00. The predicted octanol–water partition coefficient (Wildman–Crippen LogP) is 2.00. The van der Waals surface area contributed by atoms with Crippen molar-refractivity contribution >= 4 is 0 Å². The number of nitrogens with zero attached hydrogens (tertiary/aromatic N) is 5. The number of piperidine rings is 1. The SMILES string of the molecule is COc1ncc(CN2CCCC[C@@H]2c2ccncn2)cn1. The van der Waals surface area contributed by atoms with Crippen LogP contribution in [-0.2, 0) is 6.54 Å². The summed E-state index contributed by atoms with van der Waals surface area (Å²) in [4.78, 5) is 19.2. The van der Waals surface area contributed by atoms with Crippen molar-refractivity contribution in [2.45, 2.75) is 31.8 Å². The summed E-state index contributed by atoms with van der Waals surface area (Å²) in [5, 5.41) is 0. The number of likely N-dealkylation sites (tertiary alicyclic amines) is 1. The molecule has 1 aliphatic rings. The van der Waals surface area contributed by atoms with Crippen molar-refractivity contribution in [1.82, 2.24) is 24.8 Å². The number of methoxy groups -OCH3 is 1. The molecule has 0 aromatic carbocycles. The molecule has 0 unspecified atom stereocenters. The quantitative estimate of drug-likeness (QED) is 0.856. The number of aromatic nitrogens is 4. The van der Waals surface area contributed by atoms with Gasteiger partial charge in [-0.05, 0) is 25.5 Å². The van der Waals surface area contributed by atoms with E-state index in [4.69, 9.17) is 4.74 Å². The maximum Gasteiger partial charge on any atom is 0.316 e. The molecule has 2 aromatic rings. The highest BCUT2D eigenvalue weighted by Gasteiger charge is 2.25. The molecule has 2 aromatic heterocycles. The van der Waals surface area contributed by atoms with Gasteiger partial charge in [-0.1, -0.05) is 6.42 Å². The van der Waals surface area contributed by atoms with Gasteiger partial charge in [0.2, 0.25) is 0 Å². The summed E-state index contributed by atoms with van der Waals surface area (Å²) in [5.74, 6) is 0. The van der Waals surface area contributed by atoms with E-state index >= 15 is 0 Å². The van der Waals surface area contributed by atoms with Gasteiger partial charge in [0.15, 0.2) is 0 Å². The van der Waals surface area contributed by atoms with E-state index in [9.17, 15) is 0 Å². The lowest BCUT2D eigenvalue weighted by Gasteiger charge is -2.35. The van der Waals surface area contributed by atoms with Crippen LogP contribution in [0.25, 0.3) is 0 Å². The van der Waals surface area contributed by atoms with Gasteiger partial charge in [-0.25, -0.2) is 19.9 Å². The molecule has 3 rings (SSSR count). The Hall–Kier alpha value is -2.08. The van der Waals surface area contributed by atoms with Crippen LogP contribution in [0.4, 0.5) is 0 Å². The van der Waals surface area contributed by atoms with Crippen LogP contribution in [0.3, 0.4) is 0 Å². The summed E-state index contributed by atoms with van der Waals surface area (Å²) in [5.41, 5.74) is 2.19. The molecule has 21 heavy (non-hydrogen) atoms. The van der Waals surface area contributed by atoms with E-state index in [1.165, 1.54) is 12.8 Å². The first kappa shape index (κ1) is 13.9. The van der Waals surface area contributed by atoms with Crippen LogP contribution in [0.15, 0.2) is 31.0 Å². The molecule has 0 aliphatic carbocycles. The second-order valence-corrected chi connectivity index (χ2v) is 5.19. The van der Waals surface area contributed by atoms with Crippen LogP contribution in [0.5, 0.6) is 6.01 Å². The average molecular weight is 285 g/mol. The van der Waals surface area contributed by atoms with Gasteiger partial charge in [-0.3, -0.25) is 4.90 Å². The molecule has 0 spiro atoms. The van der Waals surface area contributed by atoms with Gasteiger partial charge in [0.05, 0.1) is 18.8 Å². The smallest absolute Gasteiger partial charge is 0.316 e. The van der Waals surface area contributed by atoms with Crippen molar-refractivity contribution < 1.29 is 4.74 Å². The molecule has 6 heteroatoms. The molecule has 110 valence electrons. The standard InChI is InChI=1S/C15H19N5O/c1-21-15-17-8-12(9-18-15)10-20-7-3-2-4-14(20)13-5-6-16-11-19-13/h5-6,8-9,11,14H,2-4,7,10H2,1H3/t14-/m1/s1. The Balaban J connectivity index is 1.75. The van der Waals surface area contributed by atoms with Gasteiger partial charge in [0.1, 0.15) is 6.33 Å². The summed E-state index contributed by atoms with van der Waals surface area (Å²) in [7, 11) is 1.57. The molecular weight excluding hydrogens is 266 g/mol. The Labute approximate surface area is 124 Å². The van der Waals surface area contributed by atoms with Crippen LogP contribution in [0, 0.1) is 0 Å². The molecule has 3 heterocycles. The summed E-state index contributed by atoms with van der Waals surface area (Å²) in [6.07, 6.45) is 10.7. The molecular formula is C15H19N5O. The first-order valence-electron chi connectivity index (χ1n) is 7.21. The lowest BCUT2D eigenvalue weighted by molar-refractivity contribution is 0.137. The second-order valence-electron chi connectivity index (χ2n) is 5.19. The maximum absolute atomic E-state index is 5.00. The van der Waals surface area contributed by atoms with Gasteiger partial charge in [0, 0.05) is 30.7 Å². The van der Waals surface area contributed by atoms with Crippen LogP contribution in [0.1, 0.15) is 36.6 Å². The first-order chi connectivity index (χ1) is 10.4. The average Bonchev–Trinajstić information content (AvgIpc) is 2.57. The molecule has 6 nitrogen and oxygen atoms in total. The van der Waals surface area contributed by atoms with Crippen LogP contribution in [0.2, 0.25) is 0 Å². The van der Waals surface area contributed by atoms with Crippen molar-refractivity contribution in [3.8, 4) is 6.01 Å². The van der Waals surface area contributed by atoms with E-state index in [0.717, 1.165) is 30.8 Å². The highest BCUT2D eigenvalue weighted by Crippen LogP contribution is 2.30. The Kier molecular flexibility index (Phi) is 4.35. The number of rotatable bonds is 4. The second kappa shape index (κ2) is 6.58. The van der Waals surface area contributed by atoms with Gasteiger partial charge < -0.3 is 4.74 Å². The third-order valence-corrected chi connectivity index (χ3v) is 3.81. The highest BCUT2D eigenvalue weighted by atomic mass is 16.5. The summed E-state index contributed by atoms with van der Waals surface area (Å²) in [6, 6.07) is 2.77. The summed E-state index contributed by atoms with van der Waals surface area (Å²) < 4.78 is 5.00. The van der Waals surface area contributed by atoms with E-state index in [-0.39, 0.29) is 0 Å². The number of ether oxygens (including phenoxy) is 1. The van der Waals surface area contributed by atoms with Crippen molar-refractivity contribution in [3.05, 3.63) is 42.2 Å². The van der Waals surface area contributed by atoms with Crippen LogP contribution >= 0.6 is 0 Å². The normalized spacial score (nSPS) is 19.4. The topological polar surface area (TPSA) is 64.0 Å². The van der Waals surface area contributed by atoms with Crippen LogP contribution in [-0.4, -0.2) is 38.5 Å². The fraction of sp³-hybridized carbons (Fsp3) is 0.467. The lowest BCUT2D eigenvalue weighted by atomic mass is 9.98. The molecule has 0 N–H and O–H groups in total. The summed E-state index contributed by atoms with van der Waals surface area (Å²) >= 11 is 0. The van der Waals surface area contributed by atoms with Gasteiger partial charge in [0.25, 0.3) is 0 Å². The van der Waals surface area contributed by atoms with Gasteiger partial charge in [-0.15, -0.1) is 0 Å². The van der Waals surface area contributed by atoms with Crippen molar-refractivity contribution in [2.24, 2.45) is 0 Å². The predicted molar refractivity (Wildman–Crippen MR) is 77.6 cm³/mol. The zero-order chi connectivity index (χ0) is 14.5. The molecule has 0 bridgehead atoms. The molecule has 1 fully saturated rings. The van der Waals surface area contributed by atoms with E-state index in [0.29, 0.717) is 12.1 Å². The molecule has 0 saturated carbocycles. The summed E-state index contributed by atoms with van der Waals surface area (Å²) in [6.45, 7) is 1.90. The minimum atomic E-state index is 0.351. The molecule has 1 aliphatic heterocycles.